The molecule has 7 heteroatoms. The second kappa shape index (κ2) is 10.5. The van der Waals surface area contributed by atoms with Gasteiger partial charge in [0.25, 0.3) is 0 Å². The van der Waals surface area contributed by atoms with Crippen molar-refractivity contribution in [1.29, 1.82) is 0 Å². The highest BCUT2D eigenvalue weighted by atomic mass is 127. The van der Waals surface area contributed by atoms with Gasteiger partial charge in [0.2, 0.25) is 0 Å². The summed E-state index contributed by atoms with van der Waals surface area (Å²) in [4.78, 5) is 8.12. The van der Waals surface area contributed by atoms with E-state index in [0.29, 0.717) is 0 Å². The third-order valence-corrected chi connectivity index (χ3v) is 5.17. The van der Waals surface area contributed by atoms with Crippen LogP contribution in [0.4, 0.5) is 0 Å². The topological polar surface area (TPSA) is 48.9 Å². The van der Waals surface area contributed by atoms with Crippen molar-refractivity contribution in [2.24, 2.45) is 4.99 Å². The molecule has 1 fully saturated rings. The van der Waals surface area contributed by atoms with Gasteiger partial charge in [-0.25, -0.2) is 0 Å². The largest absolute Gasteiger partial charge is 0.379 e. The van der Waals surface area contributed by atoms with Crippen LogP contribution in [0.5, 0.6) is 0 Å². The standard InChI is InChI=1S/C16H28N4OS.HI/c1-16(2,14-5-4-12-22-14)13-19-15(17-3)18-6-7-20-8-10-21-11-9-20;/h4-5,12H,6-11,13H2,1-3H3,(H2,17,18,19);1H. The van der Waals surface area contributed by atoms with Crippen LogP contribution in [-0.2, 0) is 10.2 Å². The van der Waals surface area contributed by atoms with Gasteiger partial charge in [-0.3, -0.25) is 9.89 Å². The minimum Gasteiger partial charge on any atom is -0.379 e. The van der Waals surface area contributed by atoms with Gasteiger partial charge in [0.05, 0.1) is 13.2 Å². The van der Waals surface area contributed by atoms with Crippen LogP contribution in [0.25, 0.3) is 0 Å². The maximum Gasteiger partial charge on any atom is 0.191 e. The highest BCUT2D eigenvalue weighted by Crippen LogP contribution is 2.26. The van der Waals surface area contributed by atoms with Crippen LogP contribution in [-0.4, -0.2) is 63.8 Å². The van der Waals surface area contributed by atoms with Crippen LogP contribution in [0.1, 0.15) is 18.7 Å². The Balaban J connectivity index is 0.00000264. The van der Waals surface area contributed by atoms with Crippen LogP contribution in [0.15, 0.2) is 22.5 Å². The minimum atomic E-state index is 0. The lowest BCUT2D eigenvalue weighted by atomic mass is 9.91. The summed E-state index contributed by atoms with van der Waals surface area (Å²) in [5.74, 6) is 0.873. The molecule has 1 saturated heterocycles. The number of rotatable bonds is 6. The molecule has 0 aliphatic carbocycles. The lowest BCUT2D eigenvalue weighted by molar-refractivity contribution is 0.0389. The van der Waals surface area contributed by atoms with Crippen molar-refractivity contribution >= 4 is 41.3 Å². The lowest BCUT2D eigenvalue weighted by Gasteiger charge is -2.27. The third-order valence-electron chi connectivity index (χ3n) is 3.93. The first-order valence-electron chi connectivity index (χ1n) is 7.90. The summed E-state index contributed by atoms with van der Waals surface area (Å²) in [7, 11) is 1.82. The first-order chi connectivity index (χ1) is 10.6. The van der Waals surface area contributed by atoms with Gasteiger partial charge < -0.3 is 15.4 Å². The van der Waals surface area contributed by atoms with Crippen LogP contribution >= 0.6 is 35.3 Å². The minimum absolute atomic E-state index is 0. The average Bonchev–Trinajstić information content (AvgIpc) is 3.07. The maximum absolute atomic E-state index is 5.36. The average molecular weight is 452 g/mol. The summed E-state index contributed by atoms with van der Waals surface area (Å²) in [6.45, 7) is 11.1. The molecule has 23 heavy (non-hydrogen) atoms. The zero-order chi connectivity index (χ0) is 15.8. The molecule has 0 spiro atoms. The fourth-order valence-electron chi connectivity index (χ4n) is 2.43. The Morgan fingerprint density at radius 3 is 2.70 bits per heavy atom. The molecule has 0 saturated carbocycles. The lowest BCUT2D eigenvalue weighted by Crippen LogP contribution is -2.46. The molecule has 2 rings (SSSR count). The zero-order valence-corrected chi connectivity index (χ0v) is 17.4. The van der Waals surface area contributed by atoms with E-state index in [1.807, 2.05) is 7.05 Å². The zero-order valence-electron chi connectivity index (χ0n) is 14.3. The molecule has 2 N–H and O–H groups in total. The van der Waals surface area contributed by atoms with Crippen molar-refractivity contribution in [1.82, 2.24) is 15.5 Å². The van der Waals surface area contributed by atoms with E-state index in [9.17, 15) is 0 Å². The molecule has 0 unspecified atom stereocenters. The van der Waals surface area contributed by atoms with Crippen molar-refractivity contribution < 1.29 is 4.74 Å². The number of guanidine groups is 1. The number of nitrogens with one attached hydrogen (secondary N) is 2. The number of nitrogens with zero attached hydrogens (tertiary/aromatic N) is 2. The Morgan fingerprint density at radius 1 is 1.35 bits per heavy atom. The van der Waals surface area contributed by atoms with E-state index in [-0.39, 0.29) is 29.4 Å². The smallest absolute Gasteiger partial charge is 0.191 e. The second-order valence-electron chi connectivity index (χ2n) is 6.17. The predicted molar refractivity (Wildman–Crippen MR) is 109 cm³/mol. The number of morpholine rings is 1. The molecule has 132 valence electrons. The van der Waals surface area contributed by atoms with E-state index in [0.717, 1.165) is 51.9 Å². The summed E-state index contributed by atoms with van der Waals surface area (Å²) in [6, 6.07) is 4.30. The van der Waals surface area contributed by atoms with Crippen LogP contribution in [0, 0.1) is 0 Å². The van der Waals surface area contributed by atoms with Gasteiger partial charge in [0.1, 0.15) is 0 Å². The summed E-state index contributed by atoms with van der Waals surface area (Å²) in [5, 5.41) is 8.96. The van der Waals surface area contributed by atoms with E-state index < -0.39 is 0 Å². The fraction of sp³-hybridized carbons (Fsp3) is 0.688. The highest BCUT2D eigenvalue weighted by molar-refractivity contribution is 14.0. The van der Waals surface area contributed by atoms with Crippen molar-refractivity contribution in [2.45, 2.75) is 19.3 Å². The Kier molecular flexibility index (Phi) is 9.41. The maximum atomic E-state index is 5.36. The first kappa shape index (κ1) is 20.7. The van der Waals surface area contributed by atoms with Crippen molar-refractivity contribution in [3.8, 4) is 0 Å². The predicted octanol–water partition coefficient (Wildman–Crippen LogP) is 2.14. The number of halogens is 1. The van der Waals surface area contributed by atoms with E-state index in [2.05, 4.69) is 51.9 Å². The van der Waals surface area contributed by atoms with Crippen LogP contribution < -0.4 is 10.6 Å². The summed E-state index contributed by atoms with van der Waals surface area (Å²) >= 11 is 1.81. The number of hydrogen-bond acceptors (Lipinski definition) is 4. The summed E-state index contributed by atoms with van der Waals surface area (Å²) in [6.07, 6.45) is 0. The van der Waals surface area contributed by atoms with Crippen LogP contribution in [0.2, 0.25) is 0 Å². The second-order valence-corrected chi connectivity index (χ2v) is 7.12. The van der Waals surface area contributed by atoms with Crippen molar-refractivity contribution in [2.75, 3.05) is 53.0 Å². The highest BCUT2D eigenvalue weighted by Gasteiger charge is 2.21. The Bertz CT molecular complexity index is 459. The SMILES string of the molecule is CN=C(NCCN1CCOCC1)NCC(C)(C)c1cccs1.I. The van der Waals surface area contributed by atoms with Gasteiger partial charge in [-0.15, -0.1) is 35.3 Å². The molecule has 0 radical (unpaired) electrons. The van der Waals surface area contributed by atoms with Gasteiger partial charge in [-0.2, -0.15) is 0 Å². The molecular weight excluding hydrogens is 423 g/mol. The van der Waals surface area contributed by atoms with E-state index in [4.69, 9.17) is 4.74 Å². The molecule has 1 aromatic rings. The number of hydrogen-bond donors (Lipinski definition) is 2. The molecule has 0 atom stereocenters. The Labute approximate surface area is 160 Å². The Morgan fingerprint density at radius 2 is 2.09 bits per heavy atom. The number of thiophene rings is 1. The number of ether oxygens (including phenoxy) is 1. The van der Waals surface area contributed by atoms with Crippen molar-refractivity contribution in [3.05, 3.63) is 22.4 Å². The molecule has 1 aliphatic heterocycles. The summed E-state index contributed by atoms with van der Waals surface area (Å²) in [5.41, 5.74) is 0.107. The van der Waals surface area contributed by atoms with E-state index in [1.54, 1.807) is 11.3 Å². The van der Waals surface area contributed by atoms with Gasteiger partial charge in [0, 0.05) is 50.1 Å². The molecule has 1 aromatic heterocycles. The fourth-order valence-corrected chi connectivity index (χ4v) is 3.29. The van der Waals surface area contributed by atoms with Gasteiger partial charge in [-0.05, 0) is 11.4 Å². The quantitative estimate of drug-likeness (QED) is 0.395. The Hall–Kier alpha value is -0.380. The van der Waals surface area contributed by atoms with Gasteiger partial charge >= 0.3 is 0 Å². The van der Waals surface area contributed by atoms with Crippen LogP contribution in [0.3, 0.4) is 0 Å². The molecule has 0 bridgehead atoms. The number of aliphatic imine (C=N–C) groups is 1. The first-order valence-corrected chi connectivity index (χ1v) is 8.78. The van der Waals surface area contributed by atoms with E-state index in [1.165, 1.54) is 4.88 Å². The van der Waals surface area contributed by atoms with Gasteiger partial charge in [-0.1, -0.05) is 19.9 Å². The molecule has 5 nitrogen and oxygen atoms in total. The molecule has 0 amide bonds. The molecule has 0 aromatic carbocycles. The normalized spacial score (nSPS) is 16.7. The molecule has 1 aliphatic rings. The molecule has 2 heterocycles. The monoisotopic (exact) mass is 452 g/mol. The van der Waals surface area contributed by atoms with Crippen molar-refractivity contribution in [3.63, 3.8) is 0 Å². The summed E-state index contributed by atoms with van der Waals surface area (Å²) < 4.78 is 5.36. The van der Waals surface area contributed by atoms with Gasteiger partial charge in [0.15, 0.2) is 5.96 Å². The van der Waals surface area contributed by atoms with E-state index >= 15 is 0 Å². The molecular formula is C16H29IN4OS. The third kappa shape index (κ3) is 6.94.